The molecule has 0 fully saturated rings. The molecular weight excluding hydrogens is 683 g/mol. The van der Waals surface area contributed by atoms with E-state index < -0.39 is 0 Å². The number of rotatable bonds is 2. The summed E-state index contributed by atoms with van der Waals surface area (Å²) in [4.78, 5) is 0. The molecule has 0 amide bonds. The standard InChI is InChI=1S/C21H25.C15H15Si.C5H5.2ClH.Zr/c1-20(2,3)16-9-7-14-11-15-8-10-17(21(4,5)6)13-19(15)18(14)12-16;1-11-3-7-13(8-4-11)15(16)14-9-5-12(2)6-10-14;1-2-4-5-3-1;;;/h7,9-10,12-13H,11H2,1-6H3;3-10,16H,1-2H3;1-5H;2*1H;/q-1;;-1;;;+4/p-2. The second-order valence-electron chi connectivity index (χ2n) is 13.4. The van der Waals surface area contributed by atoms with E-state index in [0.29, 0.717) is 0 Å². The maximum atomic E-state index is 3.53. The van der Waals surface area contributed by atoms with Crippen LogP contribution in [0.4, 0.5) is 0 Å². The van der Waals surface area contributed by atoms with Crippen molar-refractivity contribution in [3.63, 3.8) is 0 Å². The second-order valence-corrected chi connectivity index (χ2v) is 14.0. The molecule has 1 aliphatic rings. The van der Waals surface area contributed by atoms with Crippen molar-refractivity contribution >= 4 is 15.0 Å². The van der Waals surface area contributed by atoms with Crippen LogP contribution in [0.2, 0.25) is 0 Å². The summed E-state index contributed by atoms with van der Waals surface area (Å²) in [5, 5.41) is 1.25. The van der Waals surface area contributed by atoms with Crippen LogP contribution in [-0.4, -0.2) is 15.0 Å². The molecule has 45 heavy (non-hydrogen) atoms. The van der Waals surface area contributed by atoms with E-state index in [0.717, 1.165) is 6.42 Å². The molecule has 0 saturated heterocycles. The maximum absolute atomic E-state index is 3.53. The number of fused-ring (bicyclic) bond motifs is 3. The number of hydrogen-bond acceptors (Lipinski definition) is 0. The molecule has 0 saturated carbocycles. The van der Waals surface area contributed by atoms with Gasteiger partial charge in [0.15, 0.2) is 0 Å². The zero-order valence-electron chi connectivity index (χ0n) is 27.9. The number of aryl methyl sites for hydroxylation is 2. The summed E-state index contributed by atoms with van der Waals surface area (Å²) in [5.41, 5.74) is 13.9. The minimum atomic E-state index is 0. The first-order valence-corrected chi connectivity index (χ1v) is 15.5. The molecule has 0 aliphatic heterocycles. The molecule has 0 spiro atoms. The first-order chi connectivity index (χ1) is 19.8. The Kier molecular flexibility index (Phi) is 16.0. The van der Waals surface area contributed by atoms with Gasteiger partial charge in [0.1, 0.15) is 0 Å². The van der Waals surface area contributed by atoms with Crippen LogP contribution in [-0.2, 0) is 43.5 Å². The van der Waals surface area contributed by atoms with Gasteiger partial charge in [-0.15, -0.1) is 5.56 Å². The van der Waals surface area contributed by atoms with Gasteiger partial charge in [-0.25, -0.2) is 12.1 Å². The van der Waals surface area contributed by atoms with Crippen LogP contribution in [0.1, 0.15) is 86.1 Å². The summed E-state index contributed by atoms with van der Waals surface area (Å²) < 4.78 is 0. The van der Waals surface area contributed by atoms with Crippen molar-refractivity contribution in [2.24, 2.45) is 0 Å². The van der Waals surface area contributed by atoms with Crippen molar-refractivity contribution in [2.75, 3.05) is 0 Å². The molecular formula is C41H45Cl2SiZr. The van der Waals surface area contributed by atoms with Gasteiger partial charge in [-0.05, 0) is 47.5 Å². The van der Waals surface area contributed by atoms with Crippen molar-refractivity contribution in [3.8, 4) is 11.1 Å². The Morgan fingerprint density at radius 2 is 1.13 bits per heavy atom. The molecule has 0 aromatic heterocycles. The van der Waals surface area contributed by atoms with Crippen molar-refractivity contribution in [1.29, 1.82) is 0 Å². The molecule has 4 heteroatoms. The van der Waals surface area contributed by atoms with Crippen molar-refractivity contribution < 1.29 is 51.0 Å². The quantitative estimate of drug-likeness (QED) is 0.188. The summed E-state index contributed by atoms with van der Waals surface area (Å²) in [6.45, 7) is 17.9. The SMILES string of the molecule is CC(C)(C)c1c[c-]c2c(c1)-c1cc(C(C)(C)C)ccc1C2.Cc1ccc(C(=[SiH])c2ccc(C)cc2)cc1.[Cl-].[Cl-].[Zr+4].c1cc[cH-]c1. The Morgan fingerprint density at radius 1 is 0.667 bits per heavy atom. The molecule has 1 aliphatic carbocycles. The smallest absolute Gasteiger partial charge is 1.00 e. The Hall–Kier alpha value is -2.22. The predicted octanol–water partition coefficient (Wildman–Crippen LogP) is 3.84. The Balaban J connectivity index is 0.000000376. The summed E-state index contributed by atoms with van der Waals surface area (Å²) >= 11 is 0. The Labute approximate surface area is 307 Å². The first kappa shape index (κ1) is 40.8. The summed E-state index contributed by atoms with van der Waals surface area (Å²) in [6.07, 6.45) is 1.03. The molecule has 5 aromatic rings. The fourth-order valence-corrected chi connectivity index (χ4v) is 5.32. The summed E-state index contributed by atoms with van der Waals surface area (Å²) in [5.74, 6) is 0. The van der Waals surface area contributed by atoms with Gasteiger partial charge in [-0.1, -0.05) is 136 Å². The number of benzene rings is 4. The van der Waals surface area contributed by atoms with Gasteiger partial charge >= 0.3 is 26.2 Å². The van der Waals surface area contributed by atoms with E-state index >= 15 is 0 Å². The van der Waals surface area contributed by atoms with Crippen LogP contribution < -0.4 is 24.8 Å². The van der Waals surface area contributed by atoms with Crippen LogP contribution >= 0.6 is 0 Å². The monoisotopic (exact) mass is 725 g/mol. The average molecular weight is 728 g/mol. The largest absolute Gasteiger partial charge is 4.00 e. The van der Waals surface area contributed by atoms with Crippen LogP contribution in [0.15, 0.2) is 109 Å². The molecule has 6 rings (SSSR count). The summed E-state index contributed by atoms with van der Waals surface area (Å²) in [7, 11) is 2.84. The third kappa shape index (κ3) is 11.2. The topological polar surface area (TPSA) is 0 Å². The molecule has 5 aromatic carbocycles. The Morgan fingerprint density at radius 3 is 1.56 bits per heavy atom. The molecule has 0 nitrogen and oxygen atoms in total. The van der Waals surface area contributed by atoms with Crippen LogP contribution in [0, 0.1) is 19.9 Å². The predicted molar refractivity (Wildman–Crippen MR) is 186 cm³/mol. The van der Waals surface area contributed by atoms with Crippen LogP contribution in [0.25, 0.3) is 11.1 Å². The minimum absolute atomic E-state index is 0. The third-order valence-corrected chi connectivity index (χ3v) is 8.47. The van der Waals surface area contributed by atoms with E-state index in [-0.39, 0.29) is 61.8 Å². The Bertz CT molecular complexity index is 1490. The van der Waals surface area contributed by atoms with Gasteiger partial charge in [0.05, 0.1) is 0 Å². The zero-order chi connectivity index (χ0) is 30.5. The fraction of sp³-hybridized carbons (Fsp3) is 0.268. The average Bonchev–Trinajstić information content (AvgIpc) is 3.64. The molecule has 231 valence electrons. The molecule has 0 bridgehead atoms. The van der Waals surface area contributed by atoms with Gasteiger partial charge in [-0.3, -0.25) is 0 Å². The van der Waals surface area contributed by atoms with Gasteiger partial charge in [0.2, 0.25) is 0 Å². The van der Waals surface area contributed by atoms with Crippen molar-refractivity contribution in [2.45, 2.75) is 72.6 Å². The third-order valence-electron chi connectivity index (χ3n) is 7.81. The van der Waals surface area contributed by atoms with E-state index in [1.807, 2.05) is 30.3 Å². The fourth-order valence-electron chi connectivity index (χ4n) is 4.94. The molecule has 0 heterocycles. The van der Waals surface area contributed by atoms with Gasteiger partial charge in [-0.2, -0.15) is 47.5 Å². The van der Waals surface area contributed by atoms with E-state index in [4.69, 9.17) is 0 Å². The molecule has 1 radical (unpaired) electrons. The van der Waals surface area contributed by atoms with Gasteiger partial charge in [0.25, 0.3) is 0 Å². The van der Waals surface area contributed by atoms with Crippen molar-refractivity contribution in [3.05, 3.63) is 160 Å². The van der Waals surface area contributed by atoms with E-state index in [1.165, 1.54) is 60.8 Å². The maximum Gasteiger partial charge on any atom is 4.00 e. The number of halogens is 2. The van der Waals surface area contributed by atoms with E-state index in [9.17, 15) is 0 Å². The minimum Gasteiger partial charge on any atom is -1.00 e. The van der Waals surface area contributed by atoms with Crippen LogP contribution in [0.5, 0.6) is 0 Å². The second kappa shape index (κ2) is 17.6. The van der Waals surface area contributed by atoms with Gasteiger partial charge < -0.3 is 24.8 Å². The summed E-state index contributed by atoms with van der Waals surface area (Å²) in [6, 6.07) is 42.3. The zero-order valence-corrected chi connectivity index (χ0v) is 33.1. The van der Waals surface area contributed by atoms with Crippen LogP contribution in [0.3, 0.4) is 0 Å². The molecule has 0 unspecified atom stereocenters. The molecule has 0 atom stereocenters. The number of hydrogen-bond donors (Lipinski definition) is 0. The molecule has 0 N–H and O–H groups in total. The van der Waals surface area contributed by atoms with Gasteiger partial charge in [0, 0.05) is 9.85 Å². The van der Waals surface area contributed by atoms with Crippen molar-refractivity contribution in [1.82, 2.24) is 0 Å². The normalized spacial score (nSPS) is 11.0. The van der Waals surface area contributed by atoms with E-state index in [1.54, 1.807) is 0 Å². The van der Waals surface area contributed by atoms with E-state index in [2.05, 4.69) is 150 Å². The first-order valence-electron chi connectivity index (χ1n) is 14.9.